The number of fused-ring (bicyclic) bond motifs is 1. The monoisotopic (exact) mass is 470 g/mol. The number of amides is 1. The number of hydrogen-bond donors (Lipinski definition) is 0. The predicted octanol–water partition coefficient (Wildman–Crippen LogP) is 5.21. The Morgan fingerprint density at radius 1 is 1.19 bits per heavy atom. The minimum atomic E-state index is 0. The first kappa shape index (κ1) is 23.8. The van der Waals surface area contributed by atoms with Crippen molar-refractivity contribution < 1.29 is 9.53 Å². The van der Waals surface area contributed by atoms with Gasteiger partial charge >= 0.3 is 0 Å². The number of aryl methyl sites for hydroxylation is 3. The molecule has 4 rings (SSSR count). The van der Waals surface area contributed by atoms with E-state index in [0.717, 1.165) is 39.6 Å². The standard InChI is InChI=1S/C24H26N4O2S.ClH/c1-17-13-18(2)23-21(14-17)26-24(31-23)28(11-4-10-27-12-9-25-16-27)22(29)15-19-5-7-20(30-3)8-6-19;/h5-9,12-14,16H,4,10-11,15H2,1-3H3;1H. The summed E-state index contributed by atoms with van der Waals surface area (Å²) in [6, 6.07) is 11.9. The molecule has 4 aromatic rings. The van der Waals surface area contributed by atoms with Crippen molar-refractivity contribution in [3.05, 3.63) is 71.8 Å². The number of ether oxygens (including phenoxy) is 1. The quantitative estimate of drug-likeness (QED) is 0.355. The van der Waals surface area contributed by atoms with Crippen LogP contribution >= 0.6 is 23.7 Å². The summed E-state index contributed by atoms with van der Waals surface area (Å²) in [6.45, 7) is 5.57. The normalized spacial score (nSPS) is 10.7. The Hall–Kier alpha value is -2.90. The lowest BCUT2D eigenvalue weighted by Gasteiger charge is -2.20. The molecule has 0 atom stereocenters. The second-order valence-corrected chi connectivity index (χ2v) is 8.63. The largest absolute Gasteiger partial charge is 0.497 e. The maximum absolute atomic E-state index is 13.3. The molecule has 0 saturated carbocycles. The number of carbonyl (C=O) groups excluding carboxylic acids is 1. The van der Waals surface area contributed by atoms with Gasteiger partial charge in [-0.3, -0.25) is 9.69 Å². The maximum Gasteiger partial charge on any atom is 0.233 e. The van der Waals surface area contributed by atoms with Gasteiger partial charge in [-0.15, -0.1) is 12.4 Å². The summed E-state index contributed by atoms with van der Waals surface area (Å²) in [6.07, 6.45) is 6.65. The molecular formula is C24H27ClN4O2S. The molecule has 0 spiro atoms. The van der Waals surface area contributed by atoms with Crippen molar-refractivity contribution in [1.29, 1.82) is 0 Å². The molecule has 6 nitrogen and oxygen atoms in total. The van der Waals surface area contributed by atoms with Crippen molar-refractivity contribution in [2.45, 2.75) is 33.2 Å². The molecule has 0 N–H and O–H groups in total. The Kier molecular flexibility index (Phi) is 7.88. The zero-order valence-corrected chi connectivity index (χ0v) is 20.1. The smallest absolute Gasteiger partial charge is 0.233 e. The van der Waals surface area contributed by atoms with Crippen LogP contribution in [0.2, 0.25) is 0 Å². The topological polar surface area (TPSA) is 60.2 Å². The first-order valence-corrected chi connectivity index (χ1v) is 11.1. The van der Waals surface area contributed by atoms with E-state index in [1.807, 2.05) is 39.9 Å². The molecule has 0 aliphatic rings. The van der Waals surface area contributed by atoms with Gasteiger partial charge in [-0.1, -0.05) is 29.5 Å². The number of methoxy groups -OCH3 is 1. The molecule has 1 amide bonds. The molecule has 2 heterocycles. The Bertz CT molecular complexity index is 1170. The highest BCUT2D eigenvalue weighted by Gasteiger charge is 2.20. The van der Waals surface area contributed by atoms with Crippen molar-refractivity contribution >= 4 is 45.0 Å². The third kappa shape index (κ3) is 5.47. The summed E-state index contributed by atoms with van der Waals surface area (Å²) < 4.78 is 8.39. The average Bonchev–Trinajstić information content (AvgIpc) is 3.41. The molecule has 0 saturated heterocycles. The van der Waals surface area contributed by atoms with Gasteiger partial charge in [-0.2, -0.15) is 0 Å². The van der Waals surface area contributed by atoms with Crippen LogP contribution in [-0.2, 0) is 17.8 Å². The van der Waals surface area contributed by atoms with Crippen LogP contribution in [0.1, 0.15) is 23.1 Å². The molecule has 2 aromatic heterocycles. The first-order valence-electron chi connectivity index (χ1n) is 10.3. The van der Waals surface area contributed by atoms with E-state index >= 15 is 0 Å². The van der Waals surface area contributed by atoms with E-state index < -0.39 is 0 Å². The van der Waals surface area contributed by atoms with E-state index in [0.29, 0.717) is 13.0 Å². The molecule has 0 bridgehead atoms. The summed E-state index contributed by atoms with van der Waals surface area (Å²) >= 11 is 1.59. The summed E-state index contributed by atoms with van der Waals surface area (Å²) in [5.74, 6) is 0.828. The van der Waals surface area contributed by atoms with Gasteiger partial charge in [0.05, 0.1) is 30.1 Å². The molecule has 0 aliphatic heterocycles. The molecule has 0 radical (unpaired) electrons. The highest BCUT2D eigenvalue weighted by Crippen LogP contribution is 2.32. The molecule has 32 heavy (non-hydrogen) atoms. The minimum absolute atomic E-state index is 0. The van der Waals surface area contributed by atoms with Crippen molar-refractivity contribution in [2.24, 2.45) is 0 Å². The number of hydrogen-bond acceptors (Lipinski definition) is 5. The van der Waals surface area contributed by atoms with Crippen molar-refractivity contribution in [2.75, 3.05) is 18.6 Å². The van der Waals surface area contributed by atoms with Gasteiger partial charge < -0.3 is 9.30 Å². The number of rotatable bonds is 8. The van der Waals surface area contributed by atoms with Crippen molar-refractivity contribution in [3.8, 4) is 5.75 Å². The van der Waals surface area contributed by atoms with Crippen LogP contribution in [0, 0.1) is 13.8 Å². The van der Waals surface area contributed by atoms with Gasteiger partial charge in [-0.25, -0.2) is 9.97 Å². The van der Waals surface area contributed by atoms with Crippen molar-refractivity contribution in [1.82, 2.24) is 14.5 Å². The molecule has 168 valence electrons. The van der Waals surface area contributed by atoms with Crippen LogP contribution in [0.4, 0.5) is 5.13 Å². The lowest BCUT2D eigenvalue weighted by Crippen LogP contribution is -2.33. The number of nitrogens with zero attached hydrogens (tertiary/aromatic N) is 4. The van der Waals surface area contributed by atoms with E-state index in [1.165, 1.54) is 11.1 Å². The van der Waals surface area contributed by atoms with Crippen LogP contribution in [-0.4, -0.2) is 34.1 Å². The zero-order chi connectivity index (χ0) is 21.8. The van der Waals surface area contributed by atoms with E-state index in [-0.39, 0.29) is 18.3 Å². The molecule has 8 heteroatoms. The zero-order valence-electron chi connectivity index (χ0n) is 18.4. The number of thiazole rings is 1. The second kappa shape index (κ2) is 10.6. The van der Waals surface area contributed by atoms with Gasteiger partial charge in [0.1, 0.15) is 5.75 Å². The summed E-state index contributed by atoms with van der Waals surface area (Å²) in [4.78, 5) is 24.1. The number of carbonyl (C=O) groups is 1. The number of halogens is 1. The fourth-order valence-corrected chi connectivity index (χ4v) is 4.71. The third-order valence-electron chi connectivity index (χ3n) is 5.21. The Morgan fingerprint density at radius 2 is 1.97 bits per heavy atom. The lowest BCUT2D eigenvalue weighted by molar-refractivity contribution is -0.118. The molecule has 2 aromatic carbocycles. The number of imidazole rings is 1. The second-order valence-electron chi connectivity index (χ2n) is 7.65. The molecule has 0 unspecified atom stereocenters. The average molecular weight is 471 g/mol. The Morgan fingerprint density at radius 3 is 2.66 bits per heavy atom. The van der Waals surface area contributed by atoms with Gasteiger partial charge in [0.15, 0.2) is 5.13 Å². The van der Waals surface area contributed by atoms with Gasteiger partial charge in [0.2, 0.25) is 5.91 Å². The fraction of sp³-hybridized carbons (Fsp3) is 0.292. The number of aromatic nitrogens is 3. The highest BCUT2D eigenvalue weighted by molar-refractivity contribution is 7.22. The van der Waals surface area contributed by atoms with Crippen LogP contribution in [0.25, 0.3) is 10.2 Å². The van der Waals surface area contributed by atoms with Crippen LogP contribution in [0.5, 0.6) is 5.75 Å². The van der Waals surface area contributed by atoms with Gasteiger partial charge in [0.25, 0.3) is 0 Å². The third-order valence-corrected chi connectivity index (χ3v) is 6.44. The minimum Gasteiger partial charge on any atom is -0.497 e. The highest BCUT2D eigenvalue weighted by atomic mass is 35.5. The first-order chi connectivity index (χ1) is 15.0. The van der Waals surface area contributed by atoms with Crippen LogP contribution in [0.15, 0.2) is 55.1 Å². The molecule has 0 fully saturated rings. The van der Waals surface area contributed by atoms with E-state index in [4.69, 9.17) is 9.72 Å². The number of anilines is 1. The van der Waals surface area contributed by atoms with E-state index in [2.05, 4.69) is 31.0 Å². The predicted molar refractivity (Wildman–Crippen MR) is 132 cm³/mol. The molecule has 0 aliphatic carbocycles. The number of benzene rings is 2. The van der Waals surface area contributed by atoms with Crippen LogP contribution in [0.3, 0.4) is 0 Å². The Labute approximate surface area is 198 Å². The van der Waals surface area contributed by atoms with Crippen LogP contribution < -0.4 is 9.64 Å². The summed E-state index contributed by atoms with van der Waals surface area (Å²) in [5.41, 5.74) is 4.28. The Balaban J connectivity index is 0.00000289. The maximum atomic E-state index is 13.3. The van der Waals surface area contributed by atoms with Gasteiger partial charge in [0, 0.05) is 25.5 Å². The fourth-order valence-electron chi connectivity index (χ4n) is 3.65. The van der Waals surface area contributed by atoms with Gasteiger partial charge in [-0.05, 0) is 55.2 Å². The SMILES string of the molecule is COc1ccc(CC(=O)N(CCCn2ccnc2)c2nc3cc(C)cc(C)c3s2)cc1.Cl. The van der Waals surface area contributed by atoms with E-state index in [1.54, 1.807) is 31.0 Å². The molecular weight excluding hydrogens is 444 g/mol. The lowest BCUT2D eigenvalue weighted by atomic mass is 10.1. The van der Waals surface area contributed by atoms with E-state index in [9.17, 15) is 4.79 Å². The summed E-state index contributed by atoms with van der Waals surface area (Å²) in [5, 5.41) is 0.757. The summed E-state index contributed by atoms with van der Waals surface area (Å²) in [7, 11) is 1.64. The van der Waals surface area contributed by atoms with Crippen molar-refractivity contribution in [3.63, 3.8) is 0 Å².